The highest BCUT2D eigenvalue weighted by Gasteiger charge is 2.43. The van der Waals surface area contributed by atoms with Crippen LogP contribution in [0.25, 0.3) is 0 Å². The number of aliphatic hydroxyl groups excluding tert-OH is 1. The lowest BCUT2D eigenvalue weighted by Crippen LogP contribution is -2.37. The fourth-order valence-electron chi connectivity index (χ4n) is 4.63. The lowest BCUT2D eigenvalue weighted by atomic mass is 10.0. The van der Waals surface area contributed by atoms with Gasteiger partial charge in [0.1, 0.15) is 35.2 Å². The Hall–Kier alpha value is -3.11. The van der Waals surface area contributed by atoms with Crippen LogP contribution in [0.15, 0.2) is 12.3 Å². The van der Waals surface area contributed by atoms with E-state index < -0.39 is 29.8 Å². The third-order valence-electron chi connectivity index (χ3n) is 6.31. The maximum Gasteiger partial charge on any atom is 0.262 e. The van der Waals surface area contributed by atoms with Gasteiger partial charge in [-0.05, 0) is 38.0 Å². The van der Waals surface area contributed by atoms with Crippen LogP contribution in [0.1, 0.15) is 41.8 Å². The first-order valence-electron chi connectivity index (χ1n) is 11.4. The van der Waals surface area contributed by atoms with Gasteiger partial charge >= 0.3 is 0 Å². The largest absolute Gasteiger partial charge is 0.490 e. The predicted molar refractivity (Wildman–Crippen MR) is 124 cm³/mol. The van der Waals surface area contributed by atoms with E-state index >= 15 is 0 Å². The van der Waals surface area contributed by atoms with Gasteiger partial charge < -0.3 is 29.5 Å². The topological polar surface area (TPSA) is 110 Å². The van der Waals surface area contributed by atoms with Crippen LogP contribution in [-0.2, 0) is 11.2 Å². The number of fused-ring (bicyclic) bond motifs is 3. The first-order chi connectivity index (χ1) is 16.6. The number of nitrogens with one attached hydrogen (secondary N) is 1. The number of aliphatic hydroxyl groups is 1. The molecule has 9 nitrogen and oxygen atoms in total. The van der Waals surface area contributed by atoms with Crippen LogP contribution < -0.4 is 19.5 Å². The molecule has 2 amide bonds. The molecule has 1 unspecified atom stereocenters. The molecule has 1 aromatic carbocycles. The molecule has 2 aromatic rings. The Morgan fingerprint density at radius 2 is 2.14 bits per heavy atom. The van der Waals surface area contributed by atoms with Gasteiger partial charge in [0.25, 0.3) is 11.8 Å². The number of benzene rings is 1. The second-order valence-corrected chi connectivity index (χ2v) is 9.64. The van der Waals surface area contributed by atoms with E-state index in [9.17, 15) is 19.1 Å². The van der Waals surface area contributed by atoms with Crippen molar-refractivity contribution in [2.75, 3.05) is 18.5 Å². The van der Waals surface area contributed by atoms with Crippen molar-refractivity contribution in [2.24, 2.45) is 0 Å². The van der Waals surface area contributed by atoms with Crippen LogP contribution in [0.5, 0.6) is 17.4 Å². The molecule has 0 aliphatic carbocycles. The highest BCUT2D eigenvalue weighted by atomic mass is 35.5. The maximum atomic E-state index is 15.0. The van der Waals surface area contributed by atoms with Crippen LogP contribution in [0.2, 0.25) is 5.02 Å². The first-order valence-corrected chi connectivity index (χ1v) is 11.8. The van der Waals surface area contributed by atoms with Gasteiger partial charge in [0.05, 0.1) is 24.4 Å². The standard InChI is InChI=1S/C24H25ClFN3O6/c1-10(2)34-21-17-16(4-11(3)19(21)26)33-9-13-6-14(8-29(13)24(17)32)35-23-18(25)20-12(7-27-23)5-15(30)22(31)28-20/h4,7,10,13-15,30H,5-6,8-9H2,1-3H3,(H,28,31)/t13-,14+,15?/m1/s1. The van der Waals surface area contributed by atoms with E-state index in [0.717, 1.165) is 0 Å². The number of anilines is 1. The summed E-state index contributed by atoms with van der Waals surface area (Å²) in [7, 11) is 0. The van der Waals surface area contributed by atoms with E-state index in [4.69, 9.17) is 25.8 Å². The van der Waals surface area contributed by atoms with E-state index in [1.165, 1.54) is 12.3 Å². The number of halogens is 2. The van der Waals surface area contributed by atoms with E-state index in [1.807, 2.05) is 0 Å². The monoisotopic (exact) mass is 505 g/mol. The molecule has 2 N–H and O–H groups in total. The molecule has 0 radical (unpaired) electrons. The molecule has 186 valence electrons. The molecule has 0 spiro atoms. The van der Waals surface area contributed by atoms with Crippen molar-refractivity contribution >= 4 is 29.1 Å². The van der Waals surface area contributed by atoms with Gasteiger partial charge in [-0.1, -0.05) is 11.6 Å². The predicted octanol–water partition coefficient (Wildman–Crippen LogP) is 2.88. The van der Waals surface area contributed by atoms with Crippen molar-refractivity contribution in [2.45, 2.75) is 58.0 Å². The summed E-state index contributed by atoms with van der Waals surface area (Å²) in [6, 6.07) is 1.22. The number of nitrogens with zero attached hydrogens (tertiary/aromatic N) is 2. The summed E-state index contributed by atoms with van der Waals surface area (Å²) in [5.41, 5.74) is 1.36. The molecule has 1 aromatic heterocycles. The Balaban J connectivity index is 1.40. The minimum absolute atomic E-state index is 0.0659. The molecular weight excluding hydrogens is 481 g/mol. The summed E-state index contributed by atoms with van der Waals surface area (Å²) in [6.45, 7) is 5.55. The quantitative estimate of drug-likeness (QED) is 0.657. The first kappa shape index (κ1) is 23.6. The van der Waals surface area contributed by atoms with Crippen molar-refractivity contribution in [1.82, 2.24) is 9.88 Å². The molecule has 3 aliphatic heterocycles. The minimum Gasteiger partial charge on any atom is -0.490 e. The zero-order valence-electron chi connectivity index (χ0n) is 19.4. The number of carbonyl (C=O) groups is 2. The zero-order valence-corrected chi connectivity index (χ0v) is 20.2. The van der Waals surface area contributed by atoms with Crippen LogP contribution in [0.4, 0.5) is 10.1 Å². The number of aromatic nitrogens is 1. The second kappa shape index (κ2) is 8.83. The maximum absolute atomic E-state index is 15.0. The van der Waals surface area contributed by atoms with Gasteiger partial charge in [-0.25, -0.2) is 9.37 Å². The van der Waals surface area contributed by atoms with Crippen LogP contribution in [0.3, 0.4) is 0 Å². The Kier molecular flexibility index (Phi) is 5.96. The molecule has 0 bridgehead atoms. The molecule has 3 aliphatic rings. The Morgan fingerprint density at radius 1 is 1.37 bits per heavy atom. The van der Waals surface area contributed by atoms with Gasteiger partial charge in [0.2, 0.25) is 5.88 Å². The number of rotatable bonds is 4. The molecule has 5 rings (SSSR count). The minimum atomic E-state index is -1.16. The van der Waals surface area contributed by atoms with Crippen molar-refractivity contribution in [3.05, 3.63) is 39.8 Å². The average Bonchev–Trinajstić information content (AvgIpc) is 3.16. The molecule has 35 heavy (non-hydrogen) atoms. The van der Waals surface area contributed by atoms with E-state index in [1.54, 1.807) is 25.7 Å². The Bertz CT molecular complexity index is 1220. The number of carbonyl (C=O) groups excluding carboxylic acids is 2. The Morgan fingerprint density at radius 3 is 2.89 bits per heavy atom. The average molecular weight is 506 g/mol. The number of pyridine rings is 1. The van der Waals surface area contributed by atoms with Gasteiger partial charge in [-0.2, -0.15) is 0 Å². The molecule has 1 saturated heterocycles. The van der Waals surface area contributed by atoms with Crippen molar-refractivity contribution in [3.63, 3.8) is 0 Å². The number of amides is 2. The molecule has 11 heteroatoms. The van der Waals surface area contributed by atoms with E-state index in [0.29, 0.717) is 29.0 Å². The summed E-state index contributed by atoms with van der Waals surface area (Å²) >= 11 is 6.45. The summed E-state index contributed by atoms with van der Waals surface area (Å²) in [4.78, 5) is 31.3. The molecule has 3 atom stereocenters. The molecule has 0 saturated carbocycles. The van der Waals surface area contributed by atoms with Gasteiger partial charge in [-0.3, -0.25) is 9.59 Å². The fraction of sp³-hybridized carbons (Fsp3) is 0.458. The number of ether oxygens (including phenoxy) is 3. The highest BCUT2D eigenvalue weighted by molar-refractivity contribution is 6.35. The molecular formula is C24H25ClFN3O6. The van der Waals surface area contributed by atoms with Gasteiger partial charge in [-0.15, -0.1) is 0 Å². The van der Waals surface area contributed by atoms with Gasteiger partial charge in [0, 0.05) is 19.0 Å². The Labute approximate surface area is 206 Å². The number of aryl methyl sites for hydroxylation is 1. The summed E-state index contributed by atoms with van der Waals surface area (Å²) in [5, 5.41) is 12.5. The summed E-state index contributed by atoms with van der Waals surface area (Å²) in [5.74, 6) is -1.22. The lowest BCUT2D eigenvalue weighted by Gasteiger charge is -2.24. The normalized spacial score (nSPS) is 23.2. The smallest absolute Gasteiger partial charge is 0.262 e. The molecule has 4 heterocycles. The van der Waals surface area contributed by atoms with E-state index in [-0.39, 0.29) is 53.9 Å². The van der Waals surface area contributed by atoms with Crippen molar-refractivity contribution < 1.29 is 33.3 Å². The zero-order chi connectivity index (χ0) is 25.0. The third-order valence-corrected chi connectivity index (χ3v) is 6.66. The second-order valence-electron chi connectivity index (χ2n) is 9.26. The fourth-order valence-corrected chi connectivity index (χ4v) is 4.90. The summed E-state index contributed by atoms with van der Waals surface area (Å²) < 4.78 is 32.6. The summed E-state index contributed by atoms with van der Waals surface area (Å²) in [6.07, 6.45) is 0.103. The van der Waals surface area contributed by atoms with Crippen molar-refractivity contribution in [1.29, 1.82) is 0 Å². The number of hydrogen-bond donors (Lipinski definition) is 2. The van der Waals surface area contributed by atoms with Gasteiger partial charge in [0.15, 0.2) is 11.6 Å². The van der Waals surface area contributed by atoms with Crippen LogP contribution in [-0.4, -0.2) is 64.3 Å². The van der Waals surface area contributed by atoms with Crippen LogP contribution in [0, 0.1) is 12.7 Å². The SMILES string of the molecule is Cc1cc2c(c(OC(C)C)c1F)C(=O)N1C[C@@H](Oc3ncc4c(c3Cl)NC(=O)C(O)C4)C[C@@H]1CO2. The van der Waals surface area contributed by atoms with E-state index in [2.05, 4.69) is 10.3 Å². The molecule has 1 fully saturated rings. The van der Waals surface area contributed by atoms with Crippen LogP contribution >= 0.6 is 11.6 Å². The number of hydrogen-bond acceptors (Lipinski definition) is 7. The lowest BCUT2D eigenvalue weighted by molar-refractivity contribution is -0.124. The third kappa shape index (κ3) is 4.14. The van der Waals surface area contributed by atoms with Crippen molar-refractivity contribution in [3.8, 4) is 17.4 Å². The highest BCUT2D eigenvalue weighted by Crippen LogP contribution is 2.41.